The molecule has 0 aliphatic rings. The third-order valence-corrected chi connectivity index (χ3v) is 2.82. The van der Waals surface area contributed by atoms with Gasteiger partial charge in [-0.3, -0.25) is 0 Å². The molecule has 4 heteroatoms. The van der Waals surface area contributed by atoms with Gasteiger partial charge in [0.05, 0.1) is 11.1 Å². The Morgan fingerprint density at radius 2 is 2.12 bits per heavy atom. The standard InChI is InChI=1S/C12H17BrFNO/c1-12(2,7-15-3)8-16-9-4-5-10(13)11(14)6-9/h4-6,15H,7-8H2,1-3H3. The molecular weight excluding hydrogens is 273 g/mol. The molecule has 0 aliphatic heterocycles. The lowest BCUT2D eigenvalue weighted by Gasteiger charge is -2.24. The Bertz CT molecular complexity index is 355. The predicted molar refractivity (Wildman–Crippen MR) is 67.3 cm³/mol. The maximum atomic E-state index is 13.2. The summed E-state index contributed by atoms with van der Waals surface area (Å²) in [5.41, 5.74) is 0.0261. The van der Waals surface area contributed by atoms with Gasteiger partial charge in [0.15, 0.2) is 0 Å². The summed E-state index contributed by atoms with van der Waals surface area (Å²) in [4.78, 5) is 0. The first-order valence-electron chi connectivity index (χ1n) is 5.17. The van der Waals surface area contributed by atoms with Crippen molar-refractivity contribution in [3.8, 4) is 5.75 Å². The van der Waals surface area contributed by atoms with Gasteiger partial charge in [0.2, 0.25) is 0 Å². The second-order valence-electron chi connectivity index (χ2n) is 4.56. The average molecular weight is 290 g/mol. The van der Waals surface area contributed by atoms with Crippen molar-refractivity contribution >= 4 is 15.9 Å². The molecule has 1 rings (SSSR count). The summed E-state index contributed by atoms with van der Waals surface area (Å²) in [6.45, 7) is 5.60. The largest absolute Gasteiger partial charge is 0.493 e. The van der Waals surface area contributed by atoms with Gasteiger partial charge < -0.3 is 10.1 Å². The van der Waals surface area contributed by atoms with E-state index in [2.05, 4.69) is 35.1 Å². The first-order chi connectivity index (χ1) is 7.44. The summed E-state index contributed by atoms with van der Waals surface area (Å²) >= 11 is 3.10. The molecule has 0 heterocycles. The Labute approximate surface area is 104 Å². The van der Waals surface area contributed by atoms with Gasteiger partial charge in [-0.05, 0) is 35.1 Å². The second kappa shape index (κ2) is 5.64. The van der Waals surface area contributed by atoms with E-state index in [-0.39, 0.29) is 11.2 Å². The van der Waals surface area contributed by atoms with Crippen molar-refractivity contribution in [2.75, 3.05) is 20.2 Å². The Balaban J connectivity index is 2.57. The topological polar surface area (TPSA) is 21.3 Å². The van der Waals surface area contributed by atoms with Crippen LogP contribution in [0.1, 0.15) is 13.8 Å². The molecule has 1 N–H and O–H groups in total. The zero-order valence-corrected chi connectivity index (χ0v) is 11.4. The van der Waals surface area contributed by atoms with Crippen LogP contribution in [0.25, 0.3) is 0 Å². The Hall–Kier alpha value is -0.610. The lowest BCUT2D eigenvalue weighted by Crippen LogP contribution is -2.32. The minimum absolute atomic E-state index is 0.0261. The normalized spacial score (nSPS) is 11.6. The lowest BCUT2D eigenvalue weighted by atomic mass is 9.95. The first kappa shape index (κ1) is 13.5. The highest BCUT2D eigenvalue weighted by Gasteiger charge is 2.17. The summed E-state index contributed by atoms with van der Waals surface area (Å²) < 4.78 is 19.2. The smallest absolute Gasteiger partial charge is 0.141 e. The zero-order chi connectivity index (χ0) is 12.2. The van der Waals surface area contributed by atoms with Gasteiger partial charge in [-0.25, -0.2) is 4.39 Å². The number of halogens is 2. The van der Waals surface area contributed by atoms with Crippen LogP contribution in [0.2, 0.25) is 0 Å². The molecule has 0 radical (unpaired) electrons. The number of hydrogen-bond acceptors (Lipinski definition) is 2. The monoisotopic (exact) mass is 289 g/mol. The van der Waals surface area contributed by atoms with Gasteiger partial charge in [-0.15, -0.1) is 0 Å². The number of ether oxygens (including phenoxy) is 1. The van der Waals surface area contributed by atoms with Crippen LogP contribution in [0.5, 0.6) is 5.75 Å². The molecule has 0 aromatic heterocycles. The van der Waals surface area contributed by atoms with Gasteiger partial charge in [-0.2, -0.15) is 0 Å². The second-order valence-corrected chi connectivity index (χ2v) is 5.41. The van der Waals surface area contributed by atoms with Crippen molar-refractivity contribution in [1.82, 2.24) is 5.32 Å². The third kappa shape index (κ3) is 4.10. The molecule has 0 saturated heterocycles. The molecule has 0 aliphatic carbocycles. The number of rotatable bonds is 5. The Morgan fingerprint density at radius 1 is 1.44 bits per heavy atom. The van der Waals surface area contributed by atoms with E-state index in [1.165, 1.54) is 6.07 Å². The third-order valence-electron chi connectivity index (χ3n) is 2.18. The molecule has 0 amide bonds. The van der Waals surface area contributed by atoms with E-state index in [9.17, 15) is 4.39 Å². The van der Waals surface area contributed by atoms with E-state index in [0.717, 1.165) is 6.54 Å². The highest BCUT2D eigenvalue weighted by Crippen LogP contribution is 2.23. The van der Waals surface area contributed by atoms with Crippen molar-refractivity contribution in [2.45, 2.75) is 13.8 Å². The number of hydrogen-bond donors (Lipinski definition) is 1. The van der Waals surface area contributed by atoms with Crippen LogP contribution in [-0.4, -0.2) is 20.2 Å². The van der Waals surface area contributed by atoms with E-state index < -0.39 is 0 Å². The van der Waals surface area contributed by atoms with E-state index in [0.29, 0.717) is 16.8 Å². The molecule has 2 nitrogen and oxygen atoms in total. The minimum atomic E-state index is -0.302. The summed E-state index contributed by atoms with van der Waals surface area (Å²) in [6.07, 6.45) is 0. The fraction of sp³-hybridized carbons (Fsp3) is 0.500. The maximum absolute atomic E-state index is 13.2. The minimum Gasteiger partial charge on any atom is -0.493 e. The Kier molecular flexibility index (Phi) is 4.74. The molecule has 0 atom stereocenters. The van der Waals surface area contributed by atoms with Gasteiger partial charge in [0.25, 0.3) is 0 Å². The van der Waals surface area contributed by atoms with Crippen LogP contribution in [0.4, 0.5) is 4.39 Å². The van der Waals surface area contributed by atoms with Crippen LogP contribution >= 0.6 is 15.9 Å². The van der Waals surface area contributed by atoms with Gasteiger partial charge in [0.1, 0.15) is 11.6 Å². The summed E-state index contributed by atoms with van der Waals surface area (Å²) in [5, 5.41) is 3.10. The van der Waals surface area contributed by atoms with Crippen molar-refractivity contribution in [3.63, 3.8) is 0 Å². The first-order valence-corrected chi connectivity index (χ1v) is 5.96. The van der Waals surface area contributed by atoms with E-state index >= 15 is 0 Å². The molecule has 16 heavy (non-hydrogen) atoms. The van der Waals surface area contributed by atoms with Crippen LogP contribution < -0.4 is 10.1 Å². The molecule has 1 aromatic carbocycles. The molecule has 0 spiro atoms. The quantitative estimate of drug-likeness (QED) is 0.899. The summed E-state index contributed by atoms with van der Waals surface area (Å²) in [7, 11) is 1.90. The van der Waals surface area contributed by atoms with Crippen LogP contribution in [0, 0.1) is 11.2 Å². The van der Waals surface area contributed by atoms with Crippen molar-refractivity contribution in [1.29, 1.82) is 0 Å². The molecular formula is C12H17BrFNO. The average Bonchev–Trinajstić information content (AvgIpc) is 2.20. The number of benzene rings is 1. The number of nitrogens with one attached hydrogen (secondary N) is 1. The Morgan fingerprint density at radius 3 is 2.69 bits per heavy atom. The van der Waals surface area contributed by atoms with Crippen LogP contribution in [0.3, 0.4) is 0 Å². The molecule has 1 aromatic rings. The highest BCUT2D eigenvalue weighted by atomic mass is 79.9. The van der Waals surface area contributed by atoms with E-state index in [4.69, 9.17) is 4.74 Å². The van der Waals surface area contributed by atoms with E-state index in [1.54, 1.807) is 12.1 Å². The van der Waals surface area contributed by atoms with Gasteiger partial charge >= 0.3 is 0 Å². The van der Waals surface area contributed by atoms with Gasteiger partial charge in [0, 0.05) is 18.0 Å². The fourth-order valence-electron chi connectivity index (χ4n) is 1.37. The van der Waals surface area contributed by atoms with Crippen LogP contribution in [-0.2, 0) is 0 Å². The summed E-state index contributed by atoms with van der Waals surface area (Å²) in [6, 6.07) is 4.79. The highest BCUT2D eigenvalue weighted by molar-refractivity contribution is 9.10. The van der Waals surface area contributed by atoms with Gasteiger partial charge in [-0.1, -0.05) is 13.8 Å². The van der Waals surface area contributed by atoms with Crippen LogP contribution in [0.15, 0.2) is 22.7 Å². The van der Waals surface area contributed by atoms with E-state index in [1.807, 2.05) is 7.05 Å². The van der Waals surface area contributed by atoms with Crippen molar-refractivity contribution in [3.05, 3.63) is 28.5 Å². The SMILES string of the molecule is CNCC(C)(C)COc1ccc(Br)c(F)c1. The molecule has 0 fully saturated rings. The lowest BCUT2D eigenvalue weighted by molar-refractivity contribution is 0.178. The molecule has 0 unspecified atom stereocenters. The summed E-state index contributed by atoms with van der Waals surface area (Å²) in [5.74, 6) is 0.258. The zero-order valence-electron chi connectivity index (χ0n) is 9.81. The molecule has 90 valence electrons. The molecule has 0 saturated carbocycles. The molecule has 0 bridgehead atoms. The van der Waals surface area contributed by atoms with Crippen molar-refractivity contribution in [2.24, 2.45) is 5.41 Å². The fourth-order valence-corrected chi connectivity index (χ4v) is 1.62. The van der Waals surface area contributed by atoms with Crippen molar-refractivity contribution < 1.29 is 9.13 Å². The predicted octanol–water partition coefficient (Wildman–Crippen LogP) is 3.21. The maximum Gasteiger partial charge on any atom is 0.141 e.